The summed E-state index contributed by atoms with van der Waals surface area (Å²) in [6.45, 7) is 0. The maximum absolute atomic E-state index is 5.83. The Bertz CT molecular complexity index is 3330. The van der Waals surface area contributed by atoms with Crippen LogP contribution in [-0.4, -0.2) is 10.5 Å². The van der Waals surface area contributed by atoms with Crippen molar-refractivity contribution in [3.63, 3.8) is 0 Å². The number of hydrogen-bond donors (Lipinski definition) is 1. The van der Waals surface area contributed by atoms with Crippen LogP contribution in [0.3, 0.4) is 0 Å². The van der Waals surface area contributed by atoms with Gasteiger partial charge in [-0.25, -0.2) is 4.99 Å². The molecule has 8 aromatic carbocycles. The van der Waals surface area contributed by atoms with Gasteiger partial charge in [-0.2, -0.15) is 0 Å². The van der Waals surface area contributed by atoms with Crippen molar-refractivity contribution in [2.24, 2.45) is 4.99 Å². The molecule has 1 unspecified atom stereocenters. The summed E-state index contributed by atoms with van der Waals surface area (Å²) in [7, 11) is 0. The summed E-state index contributed by atoms with van der Waals surface area (Å²) in [5, 5.41) is 16.5. The Hall–Kier alpha value is -6.27. The lowest BCUT2D eigenvalue weighted by atomic mass is 9.89. The molecule has 0 fully saturated rings. The van der Waals surface area contributed by atoms with Gasteiger partial charge in [-0.1, -0.05) is 146 Å². The third-order valence-electron chi connectivity index (χ3n) is 11.1. The van der Waals surface area contributed by atoms with Crippen LogP contribution < -0.4 is 5.32 Å². The molecule has 12 rings (SSSR count). The topological polar surface area (TPSA) is 29.3 Å². The van der Waals surface area contributed by atoms with Crippen molar-refractivity contribution < 1.29 is 0 Å². The van der Waals surface area contributed by atoms with E-state index in [2.05, 4.69) is 174 Å². The number of benzene rings is 8. The van der Waals surface area contributed by atoms with E-state index in [0.717, 1.165) is 16.5 Å². The highest BCUT2D eigenvalue weighted by Gasteiger charge is 2.32. The van der Waals surface area contributed by atoms with Crippen LogP contribution in [0, 0.1) is 0 Å². The first kappa shape index (κ1) is 29.3. The lowest BCUT2D eigenvalue weighted by Gasteiger charge is -2.26. The Morgan fingerprint density at radius 1 is 0.491 bits per heavy atom. The molecule has 4 heterocycles. The number of aliphatic imine (C=N–C) groups is 1. The van der Waals surface area contributed by atoms with E-state index in [1.807, 2.05) is 22.7 Å². The summed E-state index contributed by atoms with van der Waals surface area (Å²) < 4.78 is 6.33. The number of hydrogen-bond acceptors (Lipinski definition) is 4. The Balaban J connectivity index is 1.21. The molecule has 53 heavy (non-hydrogen) atoms. The third-order valence-corrected chi connectivity index (χ3v) is 13.4. The van der Waals surface area contributed by atoms with Crippen LogP contribution >= 0.6 is 22.7 Å². The van der Waals surface area contributed by atoms with Gasteiger partial charge in [-0.15, -0.1) is 22.7 Å². The Labute approximate surface area is 312 Å². The smallest absolute Gasteiger partial charge is 0.209 e. The van der Waals surface area contributed by atoms with E-state index in [-0.39, 0.29) is 6.04 Å². The van der Waals surface area contributed by atoms with Crippen LogP contribution in [0.25, 0.3) is 84.7 Å². The van der Waals surface area contributed by atoms with Crippen molar-refractivity contribution in [1.29, 1.82) is 0 Å². The van der Waals surface area contributed by atoms with Gasteiger partial charge in [0.05, 0.1) is 11.0 Å². The molecule has 0 bridgehead atoms. The second kappa shape index (κ2) is 11.1. The first-order chi connectivity index (χ1) is 26.3. The van der Waals surface area contributed by atoms with Gasteiger partial charge in [-0.3, -0.25) is 4.57 Å². The maximum Gasteiger partial charge on any atom is 0.209 e. The monoisotopic (exact) mass is 711 g/mol. The quantitative estimate of drug-likeness (QED) is 0.190. The molecule has 0 spiro atoms. The molecule has 248 valence electrons. The SMILES string of the molecule is c1ccc(-c2ccc(C3N=C(n4c5ccccc5c5c6c7ccccc7sc6c6ccccc6c54)Nc4sc5ccccc5c43)c3ccccc23)cc1. The highest BCUT2D eigenvalue weighted by Crippen LogP contribution is 2.50. The van der Waals surface area contributed by atoms with Crippen molar-refractivity contribution >= 4 is 107 Å². The summed E-state index contributed by atoms with van der Waals surface area (Å²) in [4.78, 5) is 5.83. The Morgan fingerprint density at radius 2 is 1.11 bits per heavy atom. The maximum atomic E-state index is 5.83. The fourth-order valence-electron chi connectivity index (χ4n) is 8.86. The Kier molecular flexibility index (Phi) is 6.15. The van der Waals surface area contributed by atoms with Crippen molar-refractivity contribution in [2.45, 2.75) is 6.04 Å². The van der Waals surface area contributed by atoms with Crippen molar-refractivity contribution in [3.05, 3.63) is 175 Å². The largest absolute Gasteiger partial charge is 0.317 e. The van der Waals surface area contributed by atoms with E-state index in [1.165, 1.54) is 90.3 Å². The minimum atomic E-state index is -0.222. The minimum absolute atomic E-state index is 0.222. The second-order valence-electron chi connectivity index (χ2n) is 13.9. The lowest BCUT2D eigenvalue weighted by molar-refractivity contribution is 0.873. The number of rotatable bonds is 2. The number of thiophene rings is 2. The van der Waals surface area contributed by atoms with Gasteiger partial charge < -0.3 is 5.32 Å². The molecular weight excluding hydrogens is 683 g/mol. The zero-order valence-electron chi connectivity index (χ0n) is 28.4. The number of aromatic nitrogens is 1. The summed E-state index contributed by atoms with van der Waals surface area (Å²) in [5.74, 6) is 0.848. The zero-order valence-corrected chi connectivity index (χ0v) is 30.0. The van der Waals surface area contributed by atoms with Gasteiger partial charge in [0.1, 0.15) is 11.0 Å². The Morgan fingerprint density at radius 3 is 1.92 bits per heavy atom. The highest BCUT2D eigenvalue weighted by atomic mass is 32.1. The van der Waals surface area contributed by atoms with E-state index in [0.29, 0.717) is 0 Å². The molecule has 11 aromatic rings. The van der Waals surface area contributed by atoms with Crippen molar-refractivity contribution in [2.75, 3.05) is 5.32 Å². The van der Waals surface area contributed by atoms with Gasteiger partial charge in [0.15, 0.2) is 0 Å². The van der Waals surface area contributed by atoms with Crippen molar-refractivity contribution in [1.82, 2.24) is 4.57 Å². The summed E-state index contributed by atoms with van der Waals surface area (Å²) in [6.07, 6.45) is 0. The molecule has 0 saturated heterocycles. The standard InChI is InChI=1S/C48H29N3S2/c1-2-14-28(15-3-1)29-26-27-32(31-17-5-4-16-30(29)31)44-43-37-22-10-13-25-40(37)53-47(43)50-48(49-44)51-38-23-11-8-20-35(38)41-42-36-21-9-12-24-39(36)52-46(42)34-19-7-6-18-33(34)45(41)51/h1-27,44H,(H,49,50). The van der Waals surface area contributed by atoms with Gasteiger partial charge in [0.2, 0.25) is 5.96 Å². The van der Waals surface area contributed by atoms with Gasteiger partial charge in [-0.05, 0) is 45.7 Å². The van der Waals surface area contributed by atoms with Crippen LogP contribution in [0.15, 0.2) is 169 Å². The minimum Gasteiger partial charge on any atom is -0.317 e. The van der Waals surface area contributed by atoms with Crippen LogP contribution in [-0.2, 0) is 0 Å². The summed E-state index contributed by atoms with van der Waals surface area (Å²) >= 11 is 3.72. The zero-order chi connectivity index (χ0) is 34.6. The van der Waals surface area contributed by atoms with E-state index in [4.69, 9.17) is 4.99 Å². The normalized spacial score (nSPS) is 14.5. The van der Waals surface area contributed by atoms with Crippen LogP contribution in [0.1, 0.15) is 17.2 Å². The van der Waals surface area contributed by atoms with Crippen LogP contribution in [0.5, 0.6) is 0 Å². The number of nitrogens with zero attached hydrogens (tertiary/aromatic N) is 2. The highest BCUT2D eigenvalue weighted by molar-refractivity contribution is 7.27. The lowest BCUT2D eigenvalue weighted by Crippen LogP contribution is -2.26. The molecule has 0 radical (unpaired) electrons. The summed E-state index contributed by atoms with van der Waals surface area (Å²) in [6, 6.07) is 59.4. The molecule has 0 aliphatic carbocycles. The molecular formula is C48H29N3S2. The molecule has 0 saturated carbocycles. The number of fused-ring (bicyclic) bond motifs is 14. The van der Waals surface area contributed by atoms with E-state index < -0.39 is 0 Å². The number of nitrogens with one attached hydrogen (secondary N) is 1. The second-order valence-corrected chi connectivity index (χ2v) is 16.0. The molecule has 1 aliphatic heterocycles. The fraction of sp³-hybridized carbons (Fsp3) is 0.0208. The molecule has 3 nitrogen and oxygen atoms in total. The van der Waals surface area contributed by atoms with Crippen molar-refractivity contribution in [3.8, 4) is 11.1 Å². The molecule has 1 aliphatic rings. The predicted molar refractivity (Wildman–Crippen MR) is 229 cm³/mol. The average molecular weight is 712 g/mol. The molecule has 1 atom stereocenters. The molecule has 5 heteroatoms. The van der Waals surface area contributed by atoms with Gasteiger partial charge in [0.25, 0.3) is 0 Å². The third kappa shape index (κ3) is 4.12. The molecule has 0 amide bonds. The van der Waals surface area contributed by atoms with Crippen LogP contribution in [0.4, 0.5) is 5.00 Å². The number of anilines is 1. The van der Waals surface area contributed by atoms with E-state index >= 15 is 0 Å². The number of para-hydroxylation sites is 1. The van der Waals surface area contributed by atoms with Gasteiger partial charge in [0, 0.05) is 57.4 Å². The molecule has 1 N–H and O–H groups in total. The summed E-state index contributed by atoms with van der Waals surface area (Å²) in [5.41, 5.74) is 7.24. The van der Waals surface area contributed by atoms with E-state index in [9.17, 15) is 0 Å². The average Bonchev–Trinajstić information content (AvgIpc) is 3.90. The first-order valence-electron chi connectivity index (χ1n) is 18.0. The molecule has 3 aromatic heterocycles. The first-order valence-corrected chi connectivity index (χ1v) is 19.6. The van der Waals surface area contributed by atoms with Crippen LogP contribution in [0.2, 0.25) is 0 Å². The van der Waals surface area contributed by atoms with E-state index in [1.54, 1.807) is 0 Å². The van der Waals surface area contributed by atoms with Gasteiger partial charge >= 0.3 is 0 Å². The predicted octanol–water partition coefficient (Wildman–Crippen LogP) is 13.8. The fourth-order valence-corrected chi connectivity index (χ4v) is 11.2.